The predicted octanol–water partition coefficient (Wildman–Crippen LogP) is 5.89. The molecule has 0 saturated carbocycles. The Labute approximate surface area is 213 Å². The summed E-state index contributed by atoms with van der Waals surface area (Å²) in [5.74, 6) is 0. The number of aliphatic hydroxyl groups is 1. The van der Waals surface area contributed by atoms with E-state index in [9.17, 15) is 14.7 Å². The van der Waals surface area contributed by atoms with Gasteiger partial charge in [-0.1, -0.05) is 61.5 Å². The summed E-state index contributed by atoms with van der Waals surface area (Å²) < 4.78 is 7.87. The van der Waals surface area contributed by atoms with Gasteiger partial charge in [0.05, 0.1) is 11.6 Å². The Morgan fingerprint density at radius 2 is 1.64 bits per heavy atom. The molecule has 1 fully saturated rings. The van der Waals surface area contributed by atoms with E-state index in [0.29, 0.717) is 25.9 Å². The van der Waals surface area contributed by atoms with Crippen molar-refractivity contribution in [1.82, 2.24) is 9.47 Å². The third-order valence-corrected chi connectivity index (χ3v) is 7.01. The van der Waals surface area contributed by atoms with Gasteiger partial charge in [0.15, 0.2) is 0 Å². The lowest BCUT2D eigenvalue weighted by atomic mass is 9.80. The summed E-state index contributed by atoms with van der Waals surface area (Å²) in [4.78, 5) is 27.2. The van der Waals surface area contributed by atoms with Gasteiger partial charge in [-0.05, 0) is 55.5 Å². The molecule has 36 heavy (non-hydrogen) atoms. The molecule has 2 heterocycles. The monoisotopic (exact) mass is 488 g/mol. The smallest absolute Gasteiger partial charge is 0.411 e. The fourth-order valence-electron chi connectivity index (χ4n) is 5.31. The number of hydrogen-bond acceptors (Lipinski definition) is 4. The van der Waals surface area contributed by atoms with Crippen LogP contribution in [0.15, 0.2) is 77.7 Å². The number of rotatable bonds is 8. The molecule has 0 radical (unpaired) electrons. The lowest BCUT2D eigenvalue weighted by molar-refractivity contribution is -0.102. The first kappa shape index (κ1) is 25.7. The maximum Gasteiger partial charge on any atom is 0.411 e. The summed E-state index contributed by atoms with van der Waals surface area (Å²) in [6, 6.07) is 21.2. The van der Waals surface area contributed by atoms with Crippen LogP contribution in [0.3, 0.4) is 0 Å². The molecule has 1 amide bonds. The van der Waals surface area contributed by atoms with Crippen LogP contribution in [-0.2, 0) is 16.9 Å². The highest BCUT2D eigenvalue weighted by atomic mass is 16.6. The third kappa shape index (κ3) is 5.39. The minimum atomic E-state index is -0.988. The Morgan fingerprint density at radius 1 is 0.972 bits per heavy atom. The minimum Gasteiger partial charge on any atom is -0.438 e. The molecule has 0 aliphatic carbocycles. The number of nitrogens with zero attached hydrogens (tertiary/aromatic N) is 2. The zero-order chi connectivity index (χ0) is 25.9. The van der Waals surface area contributed by atoms with Crippen LogP contribution in [0.4, 0.5) is 4.79 Å². The number of hydrogen-bond donors (Lipinski definition) is 1. The summed E-state index contributed by atoms with van der Waals surface area (Å²) >= 11 is 0. The Morgan fingerprint density at radius 3 is 2.22 bits per heavy atom. The zero-order valence-corrected chi connectivity index (χ0v) is 21.6. The molecule has 0 spiro atoms. The van der Waals surface area contributed by atoms with Crippen LogP contribution in [0.2, 0.25) is 0 Å². The SMILES string of the molecule is CCC(c1ccc(-c2ccc(=O)n(CC)c2)cc1)N1CCC(CC(C)(C)O)(c2ccccc2)OC1=O. The number of ether oxygens (including phenoxy) is 1. The van der Waals surface area contributed by atoms with Crippen molar-refractivity contribution in [2.75, 3.05) is 6.54 Å². The molecule has 1 aromatic heterocycles. The van der Waals surface area contributed by atoms with E-state index in [4.69, 9.17) is 4.74 Å². The van der Waals surface area contributed by atoms with Crippen molar-refractivity contribution in [2.45, 2.75) is 70.7 Å². The maximum atomic E-state index is 13.4. The molecule has 1 aliphatic rings. The van der Waals surface area contributed by atoms with Gasteiger partial charge in [-0.25, -0.2) is 4.79 Å². The van der Waals surface area contributed by atoms with Crippen LogP contribution in [0.1, 0.15) is 64.1 Å². The number of carbonyl (C=O) groups excluding carboxylic acids is 1. The first-order chi connectivity index (χ1) is 17.2. The lowest BCUT2D eigenvalue weighted by Gasteiger charge is -2.46. The van der Waals surface area contributed by atoms with Crippen molar-refractivity contribution in [1.29, 1.82) is 0 Å². The first-order valence-electron chi connectivity index (χ1n) is 12.7. The van der Waals surface area contributed by atoms with Crippen molar-refractivity contribution in [3.05, 3.63) is 94.4 Å². The van der Waals surface area contributed by atoms with E-state index < -0.39 is 11.2 Å². The van der Waals surface area contributed by atoms with E-state index in [1.807, 2.05) is 73.8 Å². The largest absolute Gasteiger partial charge is 0.438 e. The van der Waals surface area contributed by atoms with Crippen LogP contribution >= 0.6 is 0 Å². The molecular weight excluding hydrogens is 452 g/mol. The Bertz CT molecular complexity index is 1240. The van der Waals surface area contributed by atoms with Gasteiger partial charge in [0.2, 0.25) is 0 Å². The number of benzene rings is 2. The average molecular weight is 489 g/mol. The van der Waals surface area contributed by atoms with Gasteiger partial charge in [0, 0.05) is 38.2 Å². The average Bonchev–Trinajstić information content (AvgIpc) is 2.86. The lowest BCUT2D eigenvalue weighted by Crippen LogP contribution is -2.51. The number of cyclic esters (lactones) is 1. The molecule has 3 aromatic rings. The van der Waals surface area contributed by atoms with Crippen LogP contribution in [-0.4, -0.2) is 32.8 Å². The molecule has 0 bridgehead atoms. The van der Waals surface area contributed by atoms with E-state index in [1.165, 1.54) is 0 Å². The van der Waals surface area contributed by atoms with E-state index in [2.05, 4.69) is 6.92 Å². The molecule has 190 valence electrons. The number of carbonyl (C=O) groups is 1. The van der Waals surface area contributed by atoms with E-state index >= 15 is 0 Å². The molecule has 2 atom stereocenters. The van der Waals surface area contributed by atoms with Crippen LogP contribution in [0.5, 0.6) is 0 Å². The second-order valence-corrected chi connectivity index (χ2v) is 10.2. The number of aromatic nitrogens is 1. The molecule has 1 saturated heterocycles. The normalized spacial score (nSPS) is 19.1. The van der Waals surface area contributed by atoms with Crippen LogP contribution < -0.4 is 5.56 Å². The number of amides is 1. The zero-order valence-electron chi connectivity index (χ0n) is 21.6. The predicted molar refractivity (Wildman–Crippen MR) is 142 cm³/mol. The Kier molecular flexibility index (Phi) is 7.36. The standard InChI is InChI=1S/C30H36N2O4/c1-5-26(23-14-12-22(13-15-23)24-16-17-27(33)31(6-2)20-24)32-19-18-30(36-28(32)34,21-29(3,4)35)25-10-8-7-9-11-25/h7-17,20,26,35H,5-6,18-19,21H2,1-4H3. The van der Waals surface area contributed by atoms with Crippen LogP contribution in [0.25, 0.3) is 11.1 Å². The molecule has 1 N–H and O–H groups in total. The quantitative estimate of drug-likeness (QED) is 0.429. The molecule has 6 nitrogen and oxygen atoms in total. The summed E-state index contributed by atoms with van der Waals surface area (Å²) in [5, 5.41) is 10.6. The maximum absolute atomic E-state index is 13.4. The van der Waals surface area contributed by atoms with Crippen LogP contribution in [0, 0.1) is 0 Å². The van der Waals surface area contributed by atoms with Gasteiger partial charge in [-0.2, -0.15) is 0 Å². The summed E-state index contributed by atoms with van der Waals surface area (Å²) in [6.07, 6.45) is 3.19. The van der Waals surface area contributed by atoms with E-state index in [-0.39, 0.29) is 17.7 Å². The fraction of sp³-hybridized carbons (Fsp3) is 0.400. The third-order valence-electron chi connectivity index (χ3n) is 7.01. The summed E-state index contributed by atoms with van der Waals surface area (Å²) in [7, 11) is 0. The number of pyridine rings is 1. The van der Waals surface area contributed by atoms with Gasteiger partial charge >= 0.3 is 6.09 Å². The van der Waals surface area contributed by atoms with Gasteiger partial charge < -0.3 is 19.3 Å². The summed E-state index contributed by atoms with van der Waals surface area (Å²) in [5.41, 5.74) is 2.08. The molecule has 2 aromatic carbocycles. The Balaban J connectivity index is 1.57. The Hall–Kier alpha value is -3.38. The van der Waals surface area contributed by atoms with Crippen molar-refractivity contribution >= 4 is 6.09 Å². The molecule has 6 heteroatoms. The highest BCUT2D eigenvalue weighted by Gasteiger charge is 2.46. The topological polar surface area (TPSA) is 71.8 Å². The molecular formula is C30H36N2O4. The fourth-order valence-corrected chi connectivity index (χ4v) is 5.31. The first-order valence-corrected chi connectivity index (χ1v) is 12.7. The molecule has 1 aliphatic heterocycles. The van der Waals surface area contributed by atoms with Gasteiger partial charge in [0.25, 0.3) is 5.56 Å². The van der Waals surface area contributed by atoms with Crippen molar-refractivity contribution in [3.63, 3.8) is 0 Å². The second kappa shape index (κ2) is 10.3. The molecule has 4 rings (SSSR count). The van der Waals surface area contributed by atoms with Gasteiger partial charge in [0.1, 0.15) is 5.60 Å². The van der Waals surface area contributed by atoms with Crippen molar-refractivity contribution in [2.24, 2.45) is 0 Å². The van der Waals surface area contributed by atoms with Gasteiger partial charge in [-0.15, -0.1) is 0 Å². The molecule has 2 unspecified atom stereocenters. The van der Waals surface area contributed by atoms with Gasteiger partial charge in [-0.3, -0.25) is 4.79 Å². The van der Waals surface area contributed by atoms with Crippen molar-refractivity contribution in [3.8, 4) is 11.1 Å². The highest BCUT2D eigenvalue weighted by Crippen LogP contribution is 2.42. The summed E-state index contributed by atoms with van der Waals surface area (Å²) in [6.45, 7) is 8.68. The minimum absolute atomic E-state index is 0.0105. The second-order valence-electron chi connectivity index (χ2n) is 10.2. The van der Waals surface area contributed by atoms with E-state index in [0.717, 1.165) is 28.7 Å². The van der Waals surface area contributed by atoms with Crippen molar-refractivity contribution < 1.29 is 14.6 Å². The van der Waals surface area contributed by atoms with E-state index in [1.54, 1.807) is 29.4 Å². The highest BCUT2D eigenvalue weighted by molar-refractivity contribution is 5.70. The number of aryl methyl sites for hydroxylation is 1.